The molecule has 0 saturated heterocycles. The molecule has 0 radical (unpaired) electrons. The lowest BCUT2D eigenvalue weighted by Crippen LogP contribution is -2.19. The number of hydrogen-bond acceptors (Lipinski definition) is 3. The Morgan fingerprint density at radius 1 is 1.44 bits per heavy atom. The molecule has 0 aliphatic carbocycles. The van der Waals surface area contributed by atoms with Gasteiger partial charge in [-0.2, -0.15) is 5.26 Å². The second-order valence-corrected chi connectivity index (χ2v) is 4.11. The maximum atomic E-state index is 10.5. The molecule has 2 N–H and O–H groups in total. The van der Waals surface area contributed by atoms with Crippen LogP contribution in [0, 0.1) is 11.3 Å². The number of aromatic nitrogens is 1. The van der Waals surface area contributed by atoms with Crippen molar-refractivity contribution in [3.63, 3.8) is 0 Å². The second kappa shape index (κ2) is 4.90. The molecular formula is C13H12N2O3. The highest BCUT2D eigenvalue weighted by molar-refractivity contribution is 5.81. The molecule has 2 aromatic rings. The van der Waals surface area contributed by atoms with Gasteiger partial charge < -0.3 is 14.8 Å². The first-order valence-corrected chi connectivity index (χ1v) is 5.49. The molecule has 1 aromatic carbocycles. The van der Waals surface area contributed by atoms with Gasteiger partial charge in [-0.15, -0.1) is 0 Å². The van der Waals surface area contributed by atoms with Gasteiger partial charge in [0.15, 0.2) is 0 Å². The summed E-state index contributed by atoms with van der Waals surface area (Å²) >= 11 is 0. The van der Waals surface area contributed by atoms with Gasteiger partial charge in [0.1, 0.15) is 0 Å². The minimum absolute atomic E-state index is 0.199. The highest BCUT2D eigenvalue weighted by atomic mass is 16.4. The van der Waals surface area contributed by atoms with Crippen LogP contribution in [0.1, 0.15) is 12.0 Å². The highest BCUT2D eigenvalue weighted by Crippen LogP contribution is 2.18. The molecule has 1 unspecified atom stereocenters. The minimum Gasteiger partial charge on any atom is -0.481 e. The number of benzene rings is 1. The SMILES string of the molecule is N#Cc1ccc2ccn(CC(O)CC(=O)O)c2c1. The minimum atomic E-state index is -1.03. The molecular weight excluding hydrogens is 232 g/mol. The Morgan fingerprint density at radius 2 is 2.22 bits per heavy atom. The van der Waals surface area contributed by atoms with Gasteiger partial charge in [-0.05, 0) is 23.6 Å². The first-order chi connectivity index (χ1) is 8.60. The van der Waals surface area contributed by atoms with E-state index in [2.05, 4.69) is 6.07 Å². The van der Waals surface area contributed by atoms with Crippen LogP contribution in [0.5, 0.6) is 0 Å². The largest absolute Gasteiger partial charge is 0.481 e. The fourth-order valence-corrected chi connectivity index (χ4v) is 1.91. The van der Waals surface area contributed by atoms with Crippen molar-refractivity contribution in [1.82, 2.24) is 4.57 Å². The molecule has 1 atom stereocenters. The lowest BCUT2D eigenvalue weighted by atomic mass is 10.2. The van der Waals surface area contributed by atoms with Gasteiger partial charge in [0.25, 0.3) is 0 Å². The van der Waals surface area contributed by atoms with Crippen LogP contribution >= 0.6 is 0 Å². The molecule has 5 nitrogen and oxygen atoms in total. The third kappa shape index (κ3) is 2.50. The highest BCUT2D eigenvalue weighted by Gasteiger charge is 2.11. The van der Waals surface area contributed by atoms with Gasteiger partial charge in [-0.1, -0.05) is 6.07 Å². The van der Waals surface area contributed by atoms with Crippen LogP contribution in [-0.4, -0.2) is 26.9 Å². The number of carboxylic acids is 1. The molecule has 0 aliphatic rings. The van der Waals surface area contributed by atoms with E-state index in [9.17, 15) is 9.90 Å². The van der Waals surface area contributed by atoms with Crippen molar-refractivity contribution in [2.45, 2.75) is 19.1 Å². The van der Waals surface area contributed by atoms with Gasteiger partial charge >= 0.3 is 5.97 Å². The second-order valence-electron chi connectivity index (χ2n) is 4.11. The summed E-state index contributed by atoms with van der Waals surface area (Å²) in [5, 5.41) is 28.0. The quantitative estimate of drug-likeness (QED) is 0.849. The van der Waals surface area contributed by atoms with Crippen LogP contribution in [0.4, 0.5) is 0 Å². The van der Waals surface area contributed by atoms with Crippen molar-refractivity contribution in [3.05, 3.63) is 36.0 Å². The number of rotatable bonds is 4. The van der Waals surface area contributed by atoms with E-state index in [0.717, 1.165) is 10.9 Å². The molecule has 18 heavy (non-hydrogen) atoms. The average molecular weight is 244 g/mol. The molecule has 0 aliphatic heterocycles. The van der Waals surface area contributed by atoms with Crippen LogP contribution in [0.25, 0.3) is 10.9 Å². The third-order valence-electron chi connectivity index (χ3n) is 2.72. The Morgan fingerprint density at radius 3 is 2.89 bits per heavy atom. The lowest BCUT2D eigenvalue weighted by Gasteiger charge is -2.10. The molecule has 0 saturated carbocycles. The number of carbonyl (C=O) groups is 1. The number of aliphatic hydroxyl groups is 1. The first-order valence-electron chi connectivity index (χ1n) is 5.49. The smallest absolute Gasteiger partial charge is 0.306 e. The van der Waals surface area contributed by atoms with E-state index in [1.807, 2.05) is 12.1 Å². The predicted octanol–water partition coefficient (Wildman–Crippen LogP) is 1.35. The van der Waals surface area contributed by atoms with Gasteiger partial charge in [0.05, 0.1) is 24.2 Å². The van der Waals surface area contributed by atoms with Crippen molar-refractivity contribution in [3.8, 4) is 6.07 Å². The maximum Gasteiger partial charge on any atom is 0.306 e. The molecule has 0 spiro atoms. The summed E-state index contributed by atoms with van der Waals surface area (Å²) < 4.78 is 1.75. The summed E-state index contributed by atoms with van der Waals surface area (Å²) in [6.07, 6.45) is 0.540. The van der Waals surface area contributed by atoms with Crippen LogP contribution in [-0.2, 0) is 11.3 Å². The molecule has 1 aromatic heterocycles. The van der Waals surface area contributed by atoms with Crippen LogP contribution in [0.15, 0.2) is 30.5 Å². The number of carboxylic acid groups (broad SMARTS) is 1. The molecule has 2 rings (SSSR count). The van der Waals surface area contributed by atoms with E-state index in [-0.39, 0.29) is 13.0 Å². The summed E-state index contributed by atoms with van der Waals surface area (Å²) in [4.78, 5) is 10.5. The fourth-order valence-electron chi connectivity index (χ4n) is 1.91. The number of fused-ring (bicyclic) bond motifs is 1. The summed E-state index contributed by atoms with van der Waals surface area (Å²) in [7, 11) is 0. The topological polar surface area (TPSA) is 86.3 Å². The van der Waals surface area contributed by atoms with E-state index in [1.54, 1.807) is 22.9 Å². The van der Waals surface area contributed by atoms with Crippen LogP contribution in [0.3, 0.4) is 0 Å². The van der Waals surface area contributed by atoms with Gasteiger partial charge in [0, 0.05) is 18.3 Å². The predicted molar refractivity (Wildman–Crippen MR) is 64.9 cm³/mol. The van der Waals surface area contributed by atoms with Crippen molar-refractivity contribution in [2.75, 3.05) is 0 Å². The molecule has 92 valence electrons. The van der Waals surface area contributed by atoms with E-state index in [4.69, 9.17) is 10.4 Å². The zero-order valence-corrected chi connectivity index (χ0v) is 9.58. The Bertz CT molecular complexity index is 625. The monoisotopic (exact) mass is 244 g/mol. The van der Waals surface area contributed by atoms with Crippen molar-refractivity contribution < 1.29 is 15.0 Å². The van der Waals surface area contributed by atoms with Crippen molar-refractivity contribution in [1.29, 1.82) is 5.26 Å². The zero-order chi connectivity index (χ0) is 13.1. The number of nitrogens with zero attached hydrogens (tertiary/aromatic N) is 2. The summed E-state index contributed by atoms with van der Waals surface area (Å²) in [6, 6.07) is 9.19. The van der Waals surface area contributed by atoms with Gasteiger partial charge in [0.2, 0.25) is 0 Å². The molecule has 0 bridgehead atoms. The Kier molecular flexibility index (Phi) is 3.31. The zero-order valence-electron chi connectivity index (χ0n) is 9.58. The maximum absolute atomic E-state index is 10.5. The van der Waals surface area contributed by atoms with E-state index in [1.165, 1.54) is 0 Å². The lowest BCUT2D eigenvalue weighted by molar-refractivity contribution is -0.139. The summed E-state index contributed by atoms with van der Waals surface area (Å²) in [5.74, 6) is -1.03. The van der Waals surface area contributed by atoms with Crippen LogP contribution in [0.2, 0.25) is 0 Å². The fraction of sp³-hybridized carbons (Fsp3) is 0.231. The van der Waals surface area contributed by atoms with E-state index >= 15 is 0 Å². The molecule has 0 fully saturated rings. The normalized spacial score (nSPS) is 12.2. The molecule has 1 heterocycles. The summed E-state index contributed by atoms with van der Waals surface area (Å²) in [6.45, 7) is 0.199. The standard InChI is InChI=1S/C13H12N2O3/c14-7-9-1-2-10-3-4-15(12(10)5-9)8-11(16)6-13(17)18/h1-5,11,16H,6,8H2,(H,17,18). The Hall–Kier alpha value is -2.32. The molecule has 0 amide bonds. The Balaban J connectivity index is 2.28. The first kappa shape index (κ1) is 12.1. The van der Waals surface area contributed by atoms with Gasteiger partial charge in [-0.25, -0.2) is 0 Å². The van der Waals surface area contributed by atoms with Crippen molar-refractivity contribution in [2.24, 2.45) is 0 Å². The van der Waals surface area contributed by atoms with Gasteiger partial charge in [-0.3, -0.25) is 4.79 Å². The number of nitriles is 1. The van der Waals surface area contributed by atoms with E-state index in [0.29, 0.717) is 5.56 Å². The van der Waals surface area contributed by atoms with Crippen molar-refractivity contribution >= 4 is 16.9 Å². The van der Waals surface area contributed by atoms with E-state index < -0.39 is 12.1 Å². The Labute approximate surface area is 103 Å². The number of aliphatic hydroxyl groups excluding tert-OH is 1. The average Bonchev–Trinajstić information content (AvgIpc) is 2.70. The number of aliphatic carboxylic acids is 1. The summed E-state index contributed by atoms with van der Waals surface area (Å²) in [5.41, 5.74) is 1.36. The molecule has 5 heteroatoms. The third-order valence-corrected chi connectivity index (χ3v) is 2.72. The van der Waals surface area contributed by atoms with Crippen LogP contribution < -0.4 is 0 Å². The number of hydrogen-bond donors (Lipinski definition) is 2.